The second-order valence-electron chi connectivity index (χ2n) is 18.7. The highest BCUT2D eigenvalue weighted by atomic mass is 16.6. The van der Waals surface area contributed by atoms with Crippen molar-refractivity contribution in [3.8, 4) is 0 Å². The average Bonchev–Trinajstić information content (AvgIpc) is 3.49. The number of rotatable bonds is 17. The molecule has 0 aromatic rings. The van der Waals surface area contributed by atoms with Gasteiger partial charge in [0.25, 0.3) is 0 Å². The molecular weight excluding hydrogens is 734 g/mol. The van der Waals surface area contributed by atoms with E-state index in [1.165, 1.54) is 7.11 Å². The lowest BCUT2D eigenvalue weighted by molar-refractivity contribution is -0.202. The summed E-state index contributed by atoms with van der Waals surface area (Å²) >= 11 is 0. The van der Waals surface area contributed by atoms with Gasteiger partial charge in [-0.3, -0.25) is 24.0 Å². The fourth-order valence-corrected chi connectivity index (χ4v) is 11.0. The number of hydrogen-bond donors (Lipinski definition) is 7. The van der Waals surface area contributed by atoms with Crippen molar-refractivity contribution in [1.82, 2.24) is 26.6 Å². The number of nitrogens with one attached hydrogen (secondary N) is 5. The Bertz CT molecular complexity index is 1440. The summed E-state index contributed by atoms with van der Waals surface area (Å²) in [6, 6.07) is -0.0192. The van der Waals surface area contributed by atoms with Gasteiger partial charge < -0.3 is 46.3 Å². The molecule has 4 aliphatic carbocycles. The molecule has 15 nitrogen and oxygen atoms in total. The number of amides is 5. The number of alkyl carbamates (subject to hydrolysis) is 1. The molecule has 0 unspecified atom stereocenters. The molecule has 4 fully saturated rings. The Morgan fingerprint density at radius 2 is 1.30 bits per heavy atom. The molecule has 0 aromatic carbocycles. The van der Waals surface area contributed by atoms with Crippen LogP contribution in [-0.2, 0) is 33.4 Å². The number of ether oxygens (including phenoxy) is 2. The second kappa shape index (κ2) is 20.0. The van der Waals surface area contributed by atoms with Gasteiger partial charge in [-0.25, -0.2) is 4.79 Å². The van der Waals surface area contributed by atoms with Gasteiger partial charge in [-0.05, 0) is 118 Å². The number of aliphatic hydroxyl groups excluding tert-OH is 2. The number of hydrogen-bond acceptors (Lipinski definition) is 10. The van der Waals surface area contributed by atoms with Gasteiger partial charge in [0.2, 0.25) is 23.6 Å². The van der Waals surface area contributed by atoms with E-state index in [1.807, 2.05) is 0 Å². The Morgan fingerprint density at radius 3 is 1.86 bits per heavy atom. The Hall–Kier alpha value is -3.46. The van der Waals surface area contributed by atoms with Gasteiger partial charge in [-0.1, -0.05) is 20.8 Å². The molecule has 4 aliphatic rings. The quantitative estimate of drug-likeness (QED) is 0.107. The van der Waals surface area contributed by atoms with Crippen molar-refractivity contribution in [1.29, 1.82) is 0 Å². The second-order valence-corrected chi connectivity index (χ2v) is 18.7. The number of aliphatic hydroxyl groups is 2. The first-order valence-corrected chi connectivity index (χ1v) is 21.3. The van der Waals surface area contributed by atoms with Crippen molar-refractivity contribution in [2.45, 2.75) is 149 Å². The minimum absolute atomic E-state index is 0.0192. The summed E-state index contributed by atoms with van der Waals surface area (Å²) in [6.45, 7) is 12.5. The molecule has 15 heteroatoms. The van der Waals surface area contributed by atoms with Crippen LogP contribution in [0.2, 0.25) is 0 Å². The molecule has 7 N–H and O–H groups in total. The van der Waals surface area contributed by atoms with Gasteiger partial charge >= 0.3 is 12.1 Å². The molecule has 4 rings (SSSR count). The van der Waals surface area contributed by atoms with E-state index in [2.05, 4.69) is 47.4 Å². The monoisotopic (exact) mass is 806 g/mol. The summed E-state index contributed by atoms with van der Waals surface area (Å²) in [5.41, 5.74) is -0.976. The molecule has 57 heavy (non-hydrogen) atoms. The van der Waals surface area contributed by atoms with Crippen LogP contribution in [-0.4, -0.2) is 103 Å². The first kappa shape index (κ1) is 46.2. The van der Waals surface area contributed by atoms with E-state index in [1.54, 1.807) is 20.8 Å². The molecule has 4 saturated carbocycles. The van der Waals surface area contributed by atoms with E-state index in [0.717, 1.165) is 38.5 Å². The Kier molecular flexibility index (Phi) is 16.2. The van der Waals surface area contributed by atoms with Crippen molar-refractivity contribution >= 4 is 35.7 Å². The molecule has 0 spiro atoms. The number of carbonyl (C=O) groups excluding carboxylic acids is 6. The Labute approximate surface area is 338 Å². The molecule has 0 aliphatic heterocycles. The molecule has 324 valence electrons. The van der Waals surface area contributed by atoms with Crippen LogP contribution in [0.1, 0.15) is 125 Å². The lowest BCUT2D eigenvalue weighted by atomic mass is 9.43. The van der Waals surface area contributed by atoms with Crippen molar-refractivity contribution < 1.29 is 48.5 Å². The number of esters is 1. The maximum Gasteiger partial charge on any atom is 0.407 e. The van der Waals surface area contributed by atoms with Gasteiger partial charge in [0.15, 0.2) is 0 Å². The highest BCUT2D eigenvalue weighted by molar-refractivity contribution is 5.81. The summed E-state index contributed by atoms with van der Waals surface area (Å²) in [6.07, 6.45) is 5.64. The third-order valence-corrected chi connectivity index (χ3v) is 14.0. The molecule has 5 amide bonds. The van der Waals surface area contributed by atoms with E-state index in [9.17, 15) is 39.0 Å². The van der Waals surface area contributed by atoms with E-state index in [4.69, 9.17) is 9.47 Å². The molecule has 0 aromatic heterocycles. The summed E-state index contributed by atoms with van der Waals surface area (Å²) in [5.74, 6) is 0.0532. The normalized spacial score (nSPS) is 32.3. The van der Waals surface area contributed by atoms with E-state index in [0.29, 0.717) is 19.3 Å². The summed E-state index contributed by atoms with van der Waals surface area (Å²) in [7, 11) is 1.42. The zero-order valence-electron chi connectivity index (χ0n) is 35.4. The van der Waals surface area contributed by atoms with Crippen molar-refractivity contribution in [2.75, 3.05) is 33.3 Å². The first-order valence-electron chi connectivity index (χ1n) is 21.3. The highest BCUT2D eigenvalue weighted by Crippen LogP contribution is 2.68. The van der Waals surface area contributed by atoms with Crippen LogP contribution in [0.3, 0.4) is 0 Å². The predicted molar refractivity (Wildman–Crippen MR) is 212 cm³/mol. The first-order chi connectivity index (χ1) is 26.8. The number of carbonyl (C=O) groups is 6. The smallest absolute Gasteiger partial charge is 0.407 e. The van der Waals surface area contributed by atoms with Crippen LogP contribution in [0.4, 0.5) is 4.79 Å². The molecule has 0 heterocycles. The van der Waals surface area contributed by atoms with Gasteiger partial charge in [-0.15, -0.1) is 0 Å². The van der Waals surface area contributed by atoms with Crippen LogP contribution < -0.4 is 26.6 Å². The topological polar surface area (TPSA) is 221 Å². The predicted octanol–water partition coefficient (Wildman–Crippen LogP) is 3.09. The molecule has 0 saturated heterocycles. The highest BCUT2D eigenvalue weighted by Gasteiger charge is 2.65. The van der Waals surface area contributed by atoms with Crippen molar-refractivity contribution in [3.05, 3.63) is 0 Å². The van der Waals surface area contributed by atoms with Crippen LogP contribution >= 0.6 is 0 Å². The SMILES string of the molecule is COC(=O)CC[C@@H](C)[C@H]1CC[C@H]2[C@@H]3[C@H](O)C[C@@H]4C[C@@H](NC(=O)CCNC(=O)CCNC(=O)CCNC(=O)CCNC(=O)OC(C)(C)C)CC[C@]4(C)[C@H]3C[C@H](O)[C@]12C. The van der Waals surface area contributed by atoms with E-state index in [-0.39, 0.29) is 134 Å². The van der Waals surface area contributed by atoms with Crippen molar-refractivity contribution in [2.24, 2.45) is 46.3 Å². The van der Waals surface area contributed by atoms with E-state index >= 15 is 0 Å². The fraction of sp³-hybridized carbons (Fsp3) is 0.857. The van der Waals surface area contributed by atoms with Crippen LogP contribution in [0, 0.1) is 46.3 Å². The van der Waals surface area contributed by atoms with Gasteiger partial charge in [0.05, 0.1) is 19.3 Å². The van der Waals surface area contributed by atoms with Gasteiger partial charge in [-0.2, -0.15) is 0 Å². The van der Waals surface area contributed by atoms with E-state index < -0.39 is 23.9 Å². The Morgan fingerprint density at radius 1 is 0.737 bits per heavy atom. The zero-order chi connectivity index (χ0) is 42.1. The van der Waals surface area contributed by atoms with Gasteiger partial charge in [0, 0.05) is 64.3 Å². The summed E-state index contributed by atoms with van der Waals surface area (Å²) in [4.78, 5) is 72.8. The lowest BCUT2D eigenvalue weighted by Crippen LogP contribution is -2.63. The average molecular weight is 806 g/mol. The van der Waals surface area contributed by atoms with Crippen LogP contribution in [0.15, 0.2) is 0 Å². The van der Waals surface area contributed by atoms with Crippen LogP contribution in [0.25, 0.3) is 0 Å². The summed E-state index contributed by atoms with van der Waals surface area (Å²) in [5, 5.41) is 37.3. The minimum atomic E-state index is -0.632. The molecule has 11 atom stereocenters. The van der Waals surface area contributed by atoms with Crippen molar-refractivity contribution in [3.63, 3.8) is 0 Å². The minimum Gasteiger partial charge on any atom is -0.469 e. The number of fused-ring (bicyclic) bond motifs is 5. The third kappa shape index (κ3) is 12.0. The maximum absolute atomic E-state index is 12.9. The molecule has 0 bridgehead atoms. The summed E-state index contributed by atoms with van der Waals surface area (Å²) < 4.78 is 9.98. The van der Waals surface area contributed by atoms with Gasteiger partial charge in [0.1, 0.15) is 5.60 Å². The molecule has 0 radical (unpaired) electrons. The molecular formula is C42H71N5O10. The fourth-order valence-electron chi connectivity index (χ4n) is 11.0. The Balaban J connectivity index is 1.12. The number of methoxy groups -OCH3 is 1. The largest absolute Gasteiger partial charge is 0.469 e. The standard InChI is InChI=1S/C42H71N5O10/c1-25(8-11-37(54)56-7)28-9-10-29-38-30(24-32(49)42(28,29)6)41(5)17-12-27(22-26(41)23-31(38)48)47-36(53)16-20-45-34(51)14-18-43-33(50)13-19-44-35(52)15-21-46-39(55)57-40(2,3)4/h25-32,38,48-49H,8-24H2,1-7H3,(H,43,50)(H,44,52)(H,45,51)(H,46,55)(H,47,53)/t25-,26+,27+,28-,29+,30+,31-,32+,38+,41+,42-/m1/s1. The van der Waals surface area contributed by atoms with Crippen LogP contribution in [0.5, 0.6) is 0 Å². The maximum atomic E-state index is 12.9. The third-order valence-electron chi connectivity index (χ3n) is 14.0. The lowest BCUT2D eigenvalue weighted by Gasteiger charge is -2.63. The zero-order valence-corrected chi connectivity index (χ0v) is 35.4.